The van der Waals surface area contributed by atoms with Crippen LogP contribution in [0.25, 0.3) is 11.1 Å². The highest BCUT2D eigenvalue weighted by Gasteiger charge is 2.42. The summed E-state index contributed by atoms with van der Waals surface area (Å²) in [6, 6.07) is 22.5. The minimum absolute atomic E-state index is 0.396. The van der Waals surface area contributed by atoms with Crippen molar-refractivity contribution in [2.24, 2.45) is 0 Å². The van der Waals surface area contributed by atoms with Crippen LogP contribution in [-0.2, 0) is 0 Å². The van der Waals surface area contributed by atoms with Crippen LogP contribution in [0.5, 0.6) is 0 Å². The molecule has 1 heterocycles. The Morgan fingerprint density at radius 3 is 2.25 bits per heavy atom. The smallest absolute Gasteiger partial charge is 0.161 e. The maximum Gasteiger partial charge on any atom is 0.431 e. The summed E-state index contributed by atoms with van der Waals surface area (Å²) in [5.41, 5.74) is -2.34. The molecule has 24 heavy (non-hydrogen) atoms. The van der Waals surface area contributed by atoms with Crippen molar-refractivity contribution in [3.63, 3.8) is 0 Å². The van der Waals surface area contributed by atoms with Gasteiger partial charge in [0.25, 0.3) is 0 Å². The Morgan fingerprint density at radius 1 is 0.792 bits per heavy atom. The lowest BCUT2D eigenvalue weighted by Crippen LogP contribution is -2.12. The van der Waals surface area contributed by atoms with Gasteiger partial charge in [-0.3, -0.25) is 0 Å². The summed E-state index contributed by atoms with van der Waals surface area (Å²) in [5.74, 6) is 0. The maximum atomic E-state index is 13.7. The van der Waals surface area contributed by atoms with E-state index in [4.69, 9.17) is 0 Å². The minimum Gasteiger partial charge on any atom is -0.161 e. The molecule has 1 atom stereocenters. The van der Waals surface area contributed by atoms with Gasteiger partial charge < -0.3 is 0 Å². The van der Waals surface area contributed by atoms with Crippen LogP contribution in [0.1, 0.15) is 0 Å². The Kier molecular flexibility index (Phi) is 3.85. The number of halogens is 3. The lowest BCUT2D eigenvalue weighted by molar-refractivity contribution is -0.0357. The van der Waals surface area contributed by atoms with Gasteiger partial charge in [0.2, 0.25) is 0 Å². The summed E-state index contributed by atoms with van der Waals surface area (Å²) in [7, 11) is -2.35. The van der Waals surface area contributed by atoms with Gasteiger partial charge in [0.15, 0.2) is 0 Å². The fraction of sp³-hybridized carbons (Fsp3) is 0.0526. The van der Waals surface area contributed by atoms with E-state index in [1.807, 2.05) is 18.2 Å². The molecule has 1 aliphatic rings. The molecular weight excluding hydrogens is 349 g/mol. The van der Waals surface area contributed by atoms with E-state index >= 15 is 0 Å². The summed E-state index contributed by atoms with van der Waals surface area (Å²) < 4.78 is 41.2. The van der Waals surface area contributed by atoms with E-state index < -0.39 is 16.4 Å². The zero-order chi connectivity index (χ0) is 16.7. The van der Waals surface area contributed by atoms with Gasteiger partial charge >= 0.3 is 5.51 Å². The first-order valence-electron chi connectivity index (χ1n) is 7.28. The van der Waals surface area contributed by atoms with Crippen molar-refractivity contribution in [1.82, 2.24) is 0 Å². The van der Waals surface area contributed by atoms with Gasteiger partial charge in [0.05, 0.1) is 0 Å². The van der Waals surface area contributed by atoms with Crippen molar-refractivity contribution in [2.45, 2.75) is 25.1 Å². The molecular formula is C19H12F3S2. The van der Waals surface area contributed by atoms with Crippen molar-refractivity contribution >= 4 is 22.7 Å². The number of alkyl halides is 3. The summed E-state index contributed by atoms with van der Waals surface area (Å²) in [4.78, 5) is 2.20. The van der Waals surface area contributed by atoms with Crippen LogP contribution in [0.3, 0.4) is 0 Å². The van der Waals surface area contributed by atoms with Gasteiger partial charge in [-0.2, -0.15) is 13.2 Å². The Bertz CT molecular complexity index is 889. The first kappa shape index (κ1) is 15.7. The van der Waals surface area contributed by atoms with Crippen molar-refractivity contribution in [3.8, 4) is 11.1 Å². The maximum absolute atomic E-state index is 13.7. The van der Waals surface area contributed by atoms with Gasteiger partial charge in [-0.1, -0.05) is 54.2 Å². The molecule has 0 spiro atoms. The fourth-order valence-corrected chi connectivity index (χ4v) is 6.37. The Labute approximate surface area is 145 Å². The fourth-order valence-electron chi connectivity index (χ4n) is 2.79. The topological polar surface area (TPSA) is 0 Å². The lowest BCUT2D eigenvalue weighted by Gasteiger charge is -2.32. The van der Waals surface area contributed by atoms with Crippen molar-refractivity contribution in [2.75, 3.05) is 0 Å². The van der Waals surface area contributed by atoms with E-state index in [1.165, 1.54) is 11.8 Å². The van der Waals surface area contributed by atoms with Crippen LogP contribution in [0, 0.1) is 6.07 Å². The van der Waals surface area contributed by atoms with Crippen molar-refractivity contribution in [1.29, 1.82) is 0 Å². The Morgan fingerprint density at radius 2 is 1.50 bits per heavy atom. The average molecular weight is 361 g/mol. The molecule has 0 fully saturated rings. The molecule has 1 radical (unpaired) electrons. The largest absolute Gasteiger partial charge is 0.431 e. The van der Waals surface area contributed by atoms with Gasteiger partial charge in [0, 0.05) is 19.6 Å². The minimum atomic E-state index is -4.25. The Hall–Kier alpha value is -1.85. The molecule has 3 aromatic carbocycles. The van der Waals surface area contributed by atoms with Gasteiger partial charge in [0.1, 0.15) is 0 Å². The summed E-state index contributed by atoms with van der Waals surface area (Å²) in [5, 5.41) is 0. The van der Waals surface area contributed by atoms with E-state index in [0.29, 0.717) is 19.6 Å². The second-order valence-corrected chi connectivity index (χ2v) is 8.57. The molecule has 0 saturated heterocycles. The van der Waals surface area contributed by atoms with Crippen LogP contribution in [0.2, 0.25) is 0 Å². The van der Waals surface area contributed by atoms with Crippen molar-refractivity contribution < 1.29 is 13.2 Å². The number of fused-ring (bicyclic) bond motifs is 2. The first-order valence-corrected chi connectivity index (χ1v) is 9.44. The average Bonchev–Trinajstić information content (AvgIpc) is 2.59. The molecule has 1 unspecified atom stereocenters. The molecule has 0 nitrogen and oxygen atoms in total. The number of benzene rings is 3. The second-order valence-electron chi connectivity index (χ2n) is 5.34. The predicted octanol–water partition coefficient (Wildman–Crippen LogP) is 6.56. The number of rotatable bonds is 1. The second kappa shape index (κ2) is 5.90. The normalized spacial score (nSPS) is 17.9. The highest BCUT2D eigenvalue weighted by molar-refractivity contribution is 8.19. The molecule has 0 saturated carbocycles. The van der Waals surface area contributed by atoms with Crippen LogP contribution < -0.4 is 0 Å². The van der Waals surface area contributed by atoms with E-state index in [9.17, 15) is 13.2 Å². The number of hydrogen-bond donors (Lipinski definition) is 1. The van der Waals surface area contributed by atoms with Crippen LogP contribution in [0.4, 0.5) is 13.2 Å². The zero-order valence-corrected chi connectivity index (χ0v) is 14.1. The Balaban J connectivity index is 1.87. The molecule has 5 heteroatoms. The molecule has 121 valence electrons. The van der Waals surface area contributed by atoms with Crippen LogP contribution in [0.15, 0.2) is 86.3 Å². The monoisotopic (exact) mass is 361 g/mol. The molecule has 3 aromatic rings. The summed E-state index contributed by atoms with van der Waals surface area (Å²) in [6.07, 6.45) is 0. The van der Waals surface area contributed by atoms with Crippen LogP contribution >= 0.6 is 22.7 Å². The van der Waals surface area contributed by atoms with E-state index in [1.54, 1.807) is 48.5 Å². The van der Waals surface area contributed by atoms with Gasteiger partial charge in [-0.15, -0.1) is 10.9 Å². The lowest BCUT2D eigenvalue weighted by atomic mass is 10.1. The quantitative estimate of drug-likeness (QED) is 0.479. The highest BCUT2D eigenvalue weighted by Crippen LogP contribution is 2.65. The third kappa shape index (κ3) is 2.72. The molecule has 0 N–H and O–H groups in total. The highest BCUT2D eigenvalue weighted by atomic mass is 32.2. The molecule has 0 aliphatic carbocycles. The molecule has 0 bridgehead atoms. The molecule has 4 rings (SSSR count). The summed E-state index contributed by atoms with van der Waals surface area (Å²) in [6.45, 7) is 0. The third-order valence-electron chi connectivity index (χ3n) is 3.83. The zero-order valence-electron chi connectivity index (χ0n) is 12.3. The predicted molar refractivity (Wildman–Crippen MR) is 92.9 cm³/mol. The van der Waals surface area contributed by atoms with Crippen LogP contribution in [-0.4, -0.2) is 5.51 Å². The van der Waals surface area contributed by atoms with E-state index in [2.05, 4.69) is 6.07 Å². The summed E-state index contributed by atoms with van der Waals surface area (Å²) >= 11 is 1.42. The van der Waals surface area contributed by atoms with Crippen molar-refractivity contribution in [3.05, 3.63) is 72.8 Å². The standard InChI is InChI=1S/C19H12F3S2/c20-19(21,22)24-17-9-5-4-8-15(17)23-16-12-14(10-11-18(16)24)13-6-2-1-3-7-13/h2-12,24H. The molecule has 0 amide bonds. The first-order chi connectivity index (χ1) is 11.5. The third-order valence-corrected chi connectivity index (χ3v) is 7.52. The molecule has 0 aromatic heterocycles. The van der Waals surface area contributed by atoms with E-state index in [0.717, 1.165) is 11.1 Å². The number of thiol groups is 1. The molecule has 1 aliphatic heterocycles. The van der Waals surface area contributed by atoms with Gasteiger partial charge in [-0.25, -0.2) is 0 Å². The number of hydrogen-bond acceptors (Lipinski definition) is 1. The van der Waals surface area contributed by atoms with Gasteiger partial charge in [-0.05, 0) is 41.5 Å². The SMILES string of the molecule is FC(F)(F)[SH]1c2ccccc2Sc2cc(-c3cc[c]cc3)ccc21. The van der Waals surface area contributed by atoms with E-state index in [-0.39, 0.29) is 0 Å².